The molecule has 3 rings (SSSR count). The summed E-state index contributed by atoms with van der Waals surface area (Å²) in [5, 5.41) is 5.51. The molecule has 280 valence electrons. The topological polar surface area (TPSA) is 132 Å². The third kappa shape index (κ3) is 16.7. The first kappa shape index (κ1) is 41.3. The maximum absolute atomic E-state index is 15.2. The maximum atomic E-state index is 15.2. The van der Waals surface area contributed by atoms with Crippen LogP contribution in [0.4, 0.5) is 10.1 Å². The number of nitrogens with one attached hydrogen (secondary N) is 2. The molecule has 0 aliphatic heterocycles. The van der Waals surface area contributed by atoms with Crippen LogP contribution in [-0.4, -0.2) is 110 Å². The van der Waals surface area contributed by atoms with E-state index in [1.807, 2.05) is 44.2 Å². The number of carbonyl (C=O) groups is 2. The normalized spacial score (nSPS) is 16.6. The van der Waals surface area contributed by atoms with Gasteiger partial charge < -0.3 is 48.5 Å². The summed E-state index contributed by atoms with van der Waals surface area (Å²) in [4.78, 5) is 24.9. The van der Waals surface area contributed by atoms with Crippen molar-refractivity contribution >= 4 is 17.5 Å². The van der Waals surface area contributed by atoms with Gasteiger partial charge in [0.1, 0.15) is 17.5 Å². The highest BCUT2D eigenvalue weighted by molar-refractivity contribution is 5.97. The molecule has 2 aromatic rings. The Morgan fingerprint density at radius 3 is 1.80 bits per heavy atom. The van der Waals surface area contributed by atoms with Crippen LogP contribution < -0.4 is 15.4 Å². The molecule has 12 nitrogen and oxygen atoms in total. The molecule has 1 saturated carbocycles. The minimum absolute atomic E-state index is 0.0615. The van der Waals surface area contributed by atoms with Crippen molar-refractivity contribution in [1.29, 1.82) is 0 Å². The molecular formula is C37H55FN2O10. The highest BCUT2D eigenvalue weighted by Gasteiger charge is 2.25. The minimum Gasteiger partial charge on any atom is -0.484 e. The number of hydrogen-bond acceptors (Lipinski definition) is 10. The van der Waals surface area contributed by atoms with Gasteiger partial charge in [-0.25, -0.2) is 4.39 Å². The summed E-state index contributed by atoms with van der Waals surface area (Å²) in [6, 6.07) is 12.0. The van der Waals surface area contributed by atoms with E-state index in [-0.39, 0.29) is 29.1 Å². The molecule has 2 amide bonds. The fourth-order valence-corrected chi connectivity index (χ4v) is 5.25. The third-order valence-electron chi connectivity index (χ3n) is 7.84. The molecule has 0 saturated heterocycles. The first-order valence-electron chi connectivity index (χ1n) is 17.6. The van der Waals surface area contributed by atoms with E-state index in [9.17, 15) is 9.59 Å². The molecule has 0 heterocycles. The van der Waals surface area contributed by atoms with Crippen LogP contribution in [0.25, 0.3) is 0 Å². The highest BCUT2D eigenvalue weighted by atomic mass is 19.1. The lowest BCUT2D eigenvalue weighted by Crippen LogP contribution is -2.39. The molecule has 1 aliphatic carbocycles. The second-order valence-electron chi connectivity index (χ2n) is 11.8. The minimum atomic E-state index is -0.744. The predicted octanol–water partition coefficient (Wildman–Crippen LogP) is 5.10. The Balaban J connectivity index is 1.24. The molecule has 1 fully saturated rings. The van der Waals surface area contributed by atoms with Gasteiger partial charge in [0.25, 0.3) is 5.91 Å². The van der Waals surface area contributed by atoms with Crippen LogP contribution in [-0.2, 0) is 38.0 Å². The highest BCUT2D eigenvalue weighted by Crippen LogP contribution is 2.33. The average molecular weight is 707 g/mol. The van der Waals surface area contributed by atoms with Gasteiger partial charge in [-0.1, -0.05) is 30.3 Å². The van der Waals surface area contributed by atoms with Crippen LogP contribution in [0.3, 0.4) is 0 Å². The van der Waals surface area contributed by atoms with Crippen molar-refractivity contribution in [3.8, 4) is 5.75 Å². The van der Waals surface area contributed by atoms with Gasteiger partial charge in [0, 0.05) is 25.1 Å². The molecule has 0 unspecified atom stereocenters. The number of halogens is 1. The van der Waals surface area contributed by atoms with Crippen LogP contribution in [0.15, 0.2) is 42.5 Å². The van der Waals surface area contributed by atoms with Crippen molar-refractivity contribution in [2.45, 2.75) is 64.7 Å². The zero-order valence-corrected chi connectivity index (χ0v) is 29.8. The van der Waals surface area contributed by atoms with Crippen molar-refractivity contribution in [1.82, 2.24) is 5.32 Å². The molecule has 1 atom stereocenters. The Labute approximate surface area is 295 Å². The number of anilines is 1. The second kappa shape index (κ2) is 24.9. The molecule has 50 heavy (non-hydrogen) atoms. The Kier molecular flexibility index (Phi) is 20.5. The molecule has 13 heteroatoms. The monoisotopic (exact) mass is 706 g/mol. The van der Waals surface area contributed by atoms with E-state index in [0.717, 1.165) is 37.3 Å². The van der Waals surface area contributed by atoms with Gasteiger partial charge in [-0.05, 0) is 57.2 Å². The van der Waals surface area contributed by atoms with Gasteiger partial charge in [-0.15, -0.1) is 0 Å². The largest absolute Gasteiger partial charge is 0.484 e. The Hall–Kier alpha value is -3.17. The van der Waals surface area contributed by atoms with Crippen molar-refractivity contribution in [2.24, 2.45) is 0 Å². The van der Waals surface area contributed by atoms with Gasteiger partial charge in [-0.3, -0.25) is 9.59 Å². The number of amides is 2. The molecule has 1 aliphatic rings. The van der Waals surface area contributed by atoms with Crippen molar-refractivity contribution in [3.05, 3.63) is 59.4 Å². The number of rotatable bonds is 26. The van der Waals surface area contributed by atoms with Gasteiger partial charge >= 0.3 is 0 Å². The molecule has 0 aromatic heterocycles. The fourth-order valence-electron chi connectivity index (χ4n) is 5.25. The van der Waals surface area contributed by atoms with E-state index in [4.69, 9.17) is 37.9 Å². The maximum Gasteiger partial charge on any atom is 0.251 e. The lowest BCUT2D eigenvalue weighted by Gasteiger charge is -2.29. The second-order valence-corrected chi connectivity index (χ2v) is 11.8. The Bertz CT molecular complexity index is 1230. The standard InChI is InChI=1S/C37H55FN2O10/c1-4-43-14-15-44-16-17-45-18-19-46-20-21-47-22-23-48-24-25-49-33-12-10-32(11-13-33)40-37(42)31-26-34(38)36(39-29(3)41)35(27-31)50-28(2)30-8-6-5-7-9-30/h5-9,26-28,32-33H,4,10-25H2,1-3H3,(H,39,41)(H,40,42)/t28-,32?,33?/m0/s1. The number of carbonyl (C=O) groups excluding carboxylic acids is 2. The summed E-state index contributed by atoms with van der Waals surface area (Å²) in [5.74, 6) is -1.50. The molecular weight excluding hydrogens is 651 g/mol. The Morgan fingerprint density at radius 1 is 0.760 bits per heavy atom. The summed E-state index contributed by atoms with van der Waals surface area (Å²) < 4.78 is 59.8. The van der Waals surface area contributed by atoms with E-state index in [2.05, 4.69) is 10.6 Å². The average Bonchev–Trinajstić information content (AvgIpc) is 3.11. The summed E-state index contributed by atoms with van der Waals surface area (Å²) in [6.07, 6.45) is 2.71. The van der Waals surface area contributed by atoms with E-state index >= 15 is 4.39 Å². The lowest BCUT2D eigenvalue weighted by atomic mass is 9.92. The molecule has 2 aromatic carbocycles. The summed E-state index contributed by atoms with van der Waals surface area (Å²) in [7, 11) is 0. The van der Waals surface area contributed by atoms with Crippen LogP contribution >= 0.6 is 0 Å². The zero-order chi connectivity index (χ0) is 35.8. The van der Waals surface area contributed by atoms with Gasteiger partial charge in [0.05, 0.1) is 85.4 Å². The Morgan fingerprint density at radius 2 is 1.28 bits per heavy atom. The van der Waals surface area contributed by atoms with E-state index in [1.54, 1.807) is 0 Å². The van der Waals surface area contributed by atoms with Crippen molar-refractivity contribution < 1.29 is 51.9 Å². The SMILES string of the molecule is CCOCCOCCOCCOCCOCCOCCOC1CCC(NC(=O)c2cc(F)c(NC(C)=O)c(O[C@@H](C)c3ccccc3)c2)CC1. The zero-order valence-electron chi connectivity index (χ0n) is 29.8. The summed E-state index contributed by atoms with van der Waals surface area (Å²) >= 11 is 0. The quantitative estimate of drug-likeness (QED) is 0.127. The van der Waals surface area contributed by atoms with Gasteiger partial charge in [0.2, 0.25) is 5.91 Å². The van der Waals surface area contributed by atoms with Crippen molar-refractivity contribution in [3.63, 3.8) is 0 Å². The first-order chi connectivity index (χ1) is 24.4. The smallest absolute Gasteiger partial charge is 0.251 e. The fraction of sp³-hybridized carbons (Fsp3) is 0.622. The molecule has 2 N–H and O–H groups in total. The van der Waals surface area contributed by atoms with E-state index in [0.29, 0.717) is 85.9 Å². The van der Waals surface area contributed by atoms with Crippen molar-refractivity contribution in [2.75, 3.05) is 91.2 Å². The van der Waals surface area contributed by atoms with E-state index in [1.165, 1.54) is 13.0 Å². The summed E-state index contributed by atoms with van der Waals surface area (Å²) in [6.45, 7) is 11.9. The van der Waals surface area contributed by atoms with Crippen LogP contribution in [0, 0.1) is 5.82 Å². The van der Waals surface area contributed by atoms with Crippen LogP contribution in [0.2, 0.25) is 0 Å². The summed E-state index contributed by atoms with van der Waals surface area (Å²) in [5.41, 5.74) is 0.897. The van der Waals surface area contributed by atoms with Crippen LogP contribution in [0.5, 0.6) is 5.75 Å². The number of benzene rings is 2. The predicted molar refractivity (Wildman–Crippen MR) is 186 cm³/mol. The van der Waals surface area contributed by atoms with Gasteiger partial charge in [0.15, 0.2) is 5.82 Å². The van der Waals surface area contributed by atoms with Gasteiger partial charge in [-0.2, -0.15) is 0 Å². The lowest BCUT2D eigenvalue weighted by molar-refractivity contribution is -0.114. The first-order valence-corrected chi connectivity index (χ1v) is 17.6. The number of hydrogen-bond donors (Lipinski definition) is 2. The number of ether oxygens (including phenoxy) is 8. The molecule has 0 radical (unpaired) electrons. The third-order valence-corrected chi connectivity index (χ3v) is 7.84. The molecule has 0 spiro atoms. The van der Waals surface area contributed by atoms with E-state index < -0.39 is 23.7 Å². The molecule has 0 bridgehead atoms. The van der Waals surface area contributed by atoms with Crippen LogP contribution in [0.1, 0.15) is 68.5 Å².